The zero-order valence-electron chi connectivity index (χ0n) is 9.76. The minimum Gasteiger partial charge on any atom is -0.370 e. The van der Waals surface area contributed by atoms with Crippen molar-refractivity contribution in [3.05, 3.63) is 16.1 Å². The van der Waals surface area contributed by atoms with Gasteiger partial charge in [0.2, 0.25) is 0 Å². The van der Waals surface area contributed by atoms with Gasteiger partial charge in [0, 0.05) is 18.3 Å². The molecular weight excluding hydrogens is 254 g/mol. The number of hydrogen-bond acceptors (Lipinski definition) is 5. The Kier molecular flexibility index (Phi) is 5.25. The van der Waals surface area contributed by atoms with E-state index < -0.39 is 5.91 Å². The van der Waals surface area contributed by atoms with Crippen molar-refractivity contribution < 1.29 is 9.59 Å². The fraction of sp³-hybridized carbons (Fsp3) is 0.400. The fourth-order valence-electron chi connectivity index (χ4n) is 1.23. The molecule has 18 heavy (non-hydrogen) atoms. The van der Waals surface area contributed by atoms with E-state index in [0.29, 0.717) is 24.4 Å². The van der Waals surface area contributed by atoms with Crippen LogP contribution in [0.1, 0.15) is 39.6 Å². The number of aromatic nitrogens is 1. The SMILES string of the molecule is NC(=O)c1csc(C(=O)CCCCN=C(N)N)n1. The van der Waals surface area contributed by atoms with Gasteiger partial charge in [-0.3, -0.25) is 14.6 Å². The molecule has 0 atom stereocenters. The summed E-state index contributed by atoms with van der Waals surface area (Å²) in [5.74, 6) is -0.678. The lowest BCUT2D eigenvalue weighted by atomic mass is 10.2. The molecule has 1 heterocycles. The topological polar surface area (TPSA) is 137 Å². The largest absolute Gasteiger partial charge is 0.370 e. The first kappa shape index (κ1) is 14.1. The predicted molar refractivity (Wildman–Crippen MR) is 69.5 cm³/mol. The number of amides is 1. The molecule has 0 fully saturated rings. The van der Waals surface area contributed by atoms with Gasteiger partial charge >= 0.3 is 0 Å². The Labute approximate surface area is 108 Å². The highest BCUT2D eigenvalue weighted by Crippen LogP contribution is 2.13. The number of rotatable bonds is 7. The van der Waals surface area contributed by atoms with Crippen LogP contribution in [-0.2, 0) is 0 Å². The smallest absolute Gasteiger partial charge is 0.268 e. The molecule has 0 radical (unpaired) electrons. The number of unbranched alkanes of at least 4 members (excludes halogenated alkanes) is 1. The quantitative estimate of drug-likeness (QED) is 0.274. The highest BCUT2D eigenvalue weighted by atomic mass is 32.1. The van der Waals surface area contributed by atoms with E-state index >= 15 is 0 Å². The van der Waals surface area contributed by atoms with Gasteiger partial charge < -0.3 is 17.2 Å². The molecule has 0 aliphatic heterocycles. The van der Waals surface area contributed by atoms with E-state index in [9.17, 15) is 9.59 Å². The first-order valence-corrected chi connectivity index (χ1v) is 6.22. The summed E-state index contributed by atoms with van der Waals surface area (Å²) in [5.41, 5.74) is 15.5. The van der Waals surface area contributed by atoms with Crippen LogP contribution in [0.2, 0.25) is 0 Å². The highest BCUT2D eigenvalue weighted by Gasteiger charge is 2.13. The molecule has 0 aromatic carbocycles. The predicted octanol–water partition coefficient (Wildman–Crippen LogP) is -0.132. The Hall–Kier alpha value is -1.96. The summed E-state index contributed by atoms with van der Waals surface area (Å²) in [5, 5.41) is 1.79. The second-order valence-electron chi connectivity index (χ2n) is 3.59. The van der Waals surface area contributed by atoms with E-state index in [0.717, 1.165) is 17.8 Å². The molecule has 0 saturated heterocycles. The summed E-state index contributed by atoms with van der Waals surface area (Å²) < 4.78 is 0. The van der Waals surface area contributed by atoms with Crippen LogP contribution in [0.3, 0.4) is 0 Å². The first-order valence-electron chi connectivity index (χ1n) is 5.34. The van der Waals surface area contributed by atoms with Crippen molar-refractivity contribution in [1.82, 2.24) is 4.98 Å². The standard InChI is InChI=1S/C10H15N5O2S/c11-8(17)6-5-18-9(15-6)7(16)3-1-2-4-14-10(12)13/h5H,1-4H2,(H2,11,17)(H4,12,13,14). The van der Waals surface area contributed by atoms with Gasteiger partial charge in [-0.05, 0) is 12.8 Å². The number of thiazole rings is 1. The van der Waals surface area contributed by atoms with Crippen molar-refractivity contribution in [2.45, 2.75) is 19.3 Å². The summed E-state index contributed by atoms with van der Waals surface area (Å²) in [6, 6.07) is 0. The lowest BCUT2D eigenvalue weighted by molar-refractivity contribution is 0.0979. The zero-order valence-corrected chi connectivity index (χ0v) is 10.6. The van der Waals surface area contributed by atoms with Crippen LogP contribution >= 0.6 is 11.3 Å². The monoisotopic (exact) mass is 269 g/mol. The van der Waals surface area contributed by atoms with Crippen LogP contribution in [0.4, 0.5) is 0 Å². The van der Waals surface area contributed by atoms with Crippen molar-refractivity contribution in [3.63, 3.8) is 0 Å². The molecule has 0 aliphatic rings. The average Bonchev–Trinajstić information content (AvgIpc) is 2.77. The third kappa shape index (κ3) is 4.50. The van der Waals surface area contributed by atoms with Gasteiger partial charge in [0.25, 0.3) is 5.91 Å². The number of ketones is 1. The summed E-state index contributed by atoms with van der Waals surface area (Å²) in [6.45, 7) is 0.500. The molecule has 98 valence electrons. The van der Waals surface area contributed by atoms with Crippen LogP contribution in [-0.4, -0.2) is 29.2 Å². The van der Waals surface area contributed by atoms with Gasteiger partial charge in [0.05, 0.1) is 0 Å². The number of guanidine groups is 1. The molecule has 0 saturated carbocycles. The fourth-order valence-corrected chi connectivity index (χ4v) is 2.00. The Morgan fingerprint density at radius 2 is 2.00 bits per heavy atom. The minimum absolute atomic E-state index is 0.0485. The number of nitrogens with zero attached hydrogens (tertiary/aromatic N) is 2. The van der Waals surface area contributed by atoms with Gasteiger partial charge in [0.15, 0.2) is 16.8 Å². The maximum Gasteiger partial charge on any atom is 0.268 e. The lowest BCUT2D eigenvalue weighted by Crippen LogP contribution is -2.22. The second kappa shape index (κ2) is 6.70. The van der Waals surface area contributed by atoms with Crippen LogP contribution < -0.4 is 17.2 Å². The van der Waals surface area contributed by atoms with Crippen molar-refractivity contribution in [1.29, 1.82) is 0 Å². The van der Waals surface area contributed by atoms with E-state index in [2.05, 4.69) is 9.98 Å². The van der Waals surface area contributed by atoms with Crippen molar-refractivity contribution in [3.8, 4) is 0 Å². The van der Waals surface area contributed by atoms with E-state index in [-0.39, 0.29) is 17.4 Å². The van der Waals surface area contributed by atoms with E-state index in [1.165, 1.54) is 5.38 Å². The van der Waals surface area contributed by atoms with Crippen molar-refractivity contribution >= 4 is 29.0 Å². The maximum atomic E-state index is 11.7. The average molecular weight is 269 g/mol. The van der Waals surface area contributed by atoms with Crippen LogP contribution in [0.5, 0.6) is 0 Å². The first-order chi connectivity index (χ1) is 8.50. The normalized spacial score (nSPS) is 10.0. The van der Waals surface area contributed by atoms with E-state index in [4.69, 9.17) is 17.2 Å². The number of aliphatic imine (C=N–C) groups is 1. The summed E-state index contributed by atoms with van der Waals surface area (Å²) in [6.07, 6.45) is 1.74. The van der Waals surface area contributed by atoms with Crippen molar-refractivity contribution in [2.24, 2.45) is 22.2 Å². The number of primary amides is 1. The van der Waals surface area contributed by atoms with Gasteiger partial charge in [-0.15, -0.1) is 11.3 Å². The molecule has 0 aliphatic carbocycles. The third-order valence-corrected chi connectivity index (χ3v) is 2.98. The van der Waals surface area contributed by atoms with Crippen LogP contribution in [0, 0.1) is 0 Å². The molecule has 6 N–H and O–H groups in total. The number of carbonyl (C=O) groups is 2. The molecule has 1 aromatic heterocycles. The van der Waals surface area contributed by atoms with E-state index in [1.807, 2.05) is 0 Å². The van der Waals surface area contributed by atoms with E-state index in [1.54, 1.807) is 0 Å². The summed E-state index contributed by atoms with van der Waals surface area (Å²) in [4.78, 5) is 30.2. The summed E-state index contributed by atoms with van der Waals surface area (Å²) >= 11 is 1.13. The van der Waals surface area contributed by atoms with Crippen LogP contribution in [0.15, 0.2) is 10.4 Å². The number of Topliss-reactive ketones (excluding diaryl/α,β-unsaturated/α-hetero) is 1. The highest BCUT2D eigenvalue weighted by molar-refractivity contribution is 7.11. The molecule has 1 rings (SSSR count). The molecule has 1 amide bonds. The Morgan fingerprint density at radius 1 is 1.28 bits per heavy atom. The van der Waals surface area contributed by atoms with Crippen LogP contribution in [0.25, 0.3) is 0 Å². The molecule has 7 nitrogen and oxygen atoms in total. The van der Waals surface area contributed by atoms with Gasteiger partial charge in [-0.25, -0.2) is 4.98 Å². The van der Waals surface area contributed by atoms with Crippen molar-refractivity contribution in [2.75, 3.05) is 6.54 Å². The Morgan fingerprint density at radius 3 is 2.56 bits per heavy atom. The number of nitrogens with two attached hydrogens (primary N) is 3. The number of carbonyl (C=O) groups excluding carboxylic acids is 2. The maximum absolute atomic E-state index is 11.7. The Bertz CT molecular complexity index is 465. The molecule has 0 spiro atoms. The van der Waals surface area contributed by atoms with Gasteiger partial charge in [0.1, 0.15) is 5.69 Å². The number of hydrogen-bond donors (Lipinski definition) is 3. The second-order valence-corrected chi connectivity index (χ2v) is 4.45. The van der Waals surface area contributed by atoms with Gasteiger partial charge in [-0.1, -0.05) is 0 Å². The third-order valence-electron chi connectivity index (χ3n) is 2.10. The summed E-state index contributed by atoms with van der Waals surface area (Å²) in [7, 11) is 0. The molecule has 1 aromatic rings. The molecule has 0 bridgehead atoms. The lowest BCUT2D eigenvalue weighted by Gasteiger charge is -1.97. The molecule has 0 unspecified atom stereocenters. The molecule has 8 heteroatoms. The minimum atomic E-state index is -0.627. The Balaban J connectivity index is 2.36. The van der Waals surface area contributed by atoms with Gasteiger partial charge in [-0.2, -0.15) is 0 Å². The molecular formula is C10H15N5O2S. The zero-order chi connectivity index (χ0) is 13.5.